The van der Waals surface area contributed by atoms with Gasteiger partial charge in [0.1, 0.15) is 18.0 Å². The zero-order valence-electron chi connectivity index (χ0n) is 24.2. The van der Waals surface area contributed by atoms with E-state index in [0.717, 1.165) is 5.57 Å². The second-order valence-corrected chi connectivity index (χ2v) is 15.0. The van der Waals surface area contributed by atoms with Crippen LogP contribution in [-0.4, -0.2) is 51.3 Å². The van der Waals surface area contributed by atoms with Gasteiger partial charge in [0.25, 0.3) is 0 Å². The minimum absolute atomic E-state index is 0.0256. The van der Waals surface area contributed by atoms with Crippen LogP contribution in [0.2, 0.25) is 0 Å². The molecule has 0 aromatic carbocycles. The Hall–Kier alpha value is -2.25. The molecule has 7 rings (SSSR count). The Bertz CT molecular complexity index is 1310. The molecule has 3 saturated carbocycles. The van der Waals surface area contributed by atoms with Crippen LogP contribution in [-0.2, 0) is 23.9 Å². The van der Waals surface area contributed by atoms with E-state index in [1.807, 2.05) is 13.8 Å². The van der Waals surface area contributed by atoms with E-state index >= 15 is 0 Å². The van der Waals surface area contributed by atoms with Gasteiger partial charge >= 0.3 is 11.9 Å². The lowest BCUT2D eigenvalue weighted by molar-refractivity contribution is -0.157. The smallest absolute Gasteiger partial charge is 0.334 e. The summed E-state index contributed by atoms with van der Waals surface area (Å²) in [5, 5.41) is 24.1. The number of Topliss-reactive ketones (excluding diaryl/α,β-unsaturated/α-hetero) is 1. The Balaban J connectivity index is 1.45. The highest BCUT2D eigenvalue weighted by atomic mass is 16.6. The van der Waals surface area contributed by atoms with Crippen LogP contribution >= 0.6 is 0 Å². The van der Waals surface area contributed by atoms with E-state index < -0.39 is 45.6 Å². The number of hydrogen-bond donors (Lipinski definition) is 2. The van der Waals surface area contributed by atoms with Crippen molar-refractivity contribution in [1.29, 1.82) is 0 Å². The Labute approximate surface area is 236 Å². The molecule has 7 nitrogen and oxygen atoms in total. The van der Waals surface area contributed by atoms with E-state index in [0.29, 0.717) is 37.7 Å². The van der Waals surface area contributed by atoms with Gasteiger partial charge in [0, 0.05) is 52.4 Å². The highest BCUT2D eigenvalue weighted by molar-refractivity contribution is 5.91. The van der Waals surface area contributed by atoms with Crippen molar-refractivity contribution in [3.63, 3.8) is 0 Å². The number of carbonyl (C=O) groups is 3. The molecule has 7 aliphatic rings. The first kappa shape index (κ1) is 26.6. The molecule has 5 fully saturated rings. The van der Waals surface area contributed by atoms with Crippen molar-refractivity contribution in [3.05, 3.63) is 36.0 Å². The van der Waals surface area contributed by atoms with E-state index in [2.05, 4.69) is 38.7 Å². The van der Waals surface area contributed by atoms with E-state index in [9.17, 15) is 24.6 Å². The van der Waals surface area contributed by atoms with Gasteiger partial charge in [-0.3, -0.25) is 4.79 Å². The standard InChI is InChI=1S/C33H42O7/c1-16-7-8-21-22(16)25-23(19(13-17(2)34)14-30(21,5)37)33(28(36)40-25)15-32-12-11-29(33,4)26(32)24-20(9-10-31(32,6)38)18(3)27(35)39-24/h7,11-12,19-26,37-38H,3,8-10,13-15H2,1-2,4-6H3/t19-,20+,21-,22-,23-,24+,25-,26+,29-,30-,31-,32+,33+/m1/s1. The Morgan fingerprint density at radius 1 is 1.12 bits per heavy atom. The molecule has 1 spiro atoms. The Kier molecular flexibility index (Phi) is 5.17. The second kappa shape index (κ2) is 7.77. The maximum atomic E-state index is 14.6. The molecule has 13 atom stereocenters. The molecule has 2 bridgehead atoms. The predicted molar refractivity (Wildman–Crippen MR) is 145 cm³/mol. The van der Waals surface area contributed by atoms with Crippen LogP contribution in [0.1, 0.15) is 73.1 Å². The molecule has 0 aromatic heterocycles. The van der Waals surface area contributed by atoms with E-state index in [4.69, 9.17) is 9.47 Å². The van der Waals surface area contributed by atoms with Crippen LogP contribution in [0.15, 0.2) is 36.0 Å². The van der Waals surface area contributed by atoms with Crippen molar-refractivity contribution < 1.29 is 34.1 Å². The molecule has 0 aromatic rings. The molecule has 0 unspecified atom stereocenters. The first-order chi connectivity index (χ1) is 18.6. The van der Waals surface area contributed by atoms with Gasteiger partial charge in [0.15, 0.2) is 0 Å². The molecule has 7 heteroatoms. The highest BCUT2D eigenvalue weighted by Gasteiger charge is 2.84. The first-order valence-electron chi connectivity index (χ1n) is 15.0. The maximum Gasteiger partial charge on any atom is 0.334 e. The number of fused-ring (bicyclic) bond motifs is 6. The Morgan fingerprint density at radius 2 is 1.85 bits per heavy atom. The number of carbonyl (C=O) groups excluding carboxylic acids is 3. The van der Waals surface area contributed by atoms with Gasteiger partial charge in [0.2, 0.25) is 0 Å². The fourth-order valence-corrected chi connectivity index (χ4v) is 11.5. The van der Waals surface area contributed by atoms with Gasteiger partial charge in [-0.1, -0.05) is 37.3 Å². The molecule has 0 radical (unpaired) electrons. The van der Waals surface area contributed by atoms with Crippen molar-refractivity contribution in [2.75, 3.05) is 0 Å². The SMILES string of the molecule is C=C1C(=O)O[C@@H]2[C@@H]3[C@@]4(C=C[C@@]3(C)[C@]3(C4)C(=O)O[C@@H]4[C@@H]5C(C)=CC[C@H]5[C@](C)(O)C[C@@H](CC(C)=O)[C@H]43)[C@](C)(O)CC[C@@H]12. The number of allylic oxidation sites excluding steroid dienone is 2. The van der Waals surface area contributed by atoms with Crippen molar-refractivity contribution in [3.8, 4) is 0 Å². The molecule has 40 heavy (non-hydrogen) atoms. The minimum Gasteiger partial charge on any atom is -0.461 e. The lowest BCUT2D eigenvalue weighted by Crippen LogP contribution is -2.51. The van der Waals surface area contributed by atoms with Crippen molar-refractivity contribution in [2.45, 2.75) is 96.6 Å². The van der Waals surface area contributed by atoms with Gasteiger partial charge < -0.3 is 24.5 Å². The van der Waals surface area contributed by atoms with Crippen molar-refractivity contribution >= 4 is 17.7 Å². The number of ether oxygens (including phenoxy) is 2. The van der Waals surface area contributed by atoms with Crippen LogP contribution < -0.4 is 0 Å². The van der Waals surface area contributed by atoms with Crippen LogP contribution in [0.25, 0.3) is 0 Å². The summed E-state index contributed by atoms with van der Waals surface area (Å²) in [4.78, 5) is 40.2. The van der Waals surface area contributed by atoms with Crippen LogP contribution in [0, 0.1) is 51.8 Å². The number of rotatable bonds is 2. The molecule has 5 aliphatic carbocycles. The molecule has 2 aliphatic heterocycles. The van der Waals surface area contributed by atoms with Crippen molar-refractivity contribution in [2.24, 2.45) is 51.8 Å². The average molecular weight is 551 g/mol. The van der Waals surface area contributed by atoms with Gasteiger partial charge in [-0.25, -0.2) is 4.79 Å². The zero-order valence-corrected chi connectivity index (χ0v) is 24.2. The summed E-state index contributed by atoms with van der Waals surface area (Å²) in [5.74, 6) is -2.03. The lowest BCUT2D eigenvalue weighted by atomic mass is 9.52. The van der Waals surface area contributed by atoms with E-state index in [1.54, 1.807) is 6.92 Å². The van der Waals surface area contributed by atoms with Crippen molar-refractivity contribution in [1.82, 2.24) is 0 Å². The van der Waals surface area contributed by atoms with E-state index in [-0.39, 0.29) is 53.7 Å². The summed E-state index contributed by atoms with van der Waals surface area (Å²) < 4.78 is 12.6. The lowest BCUT2D eigenvalue weighted by Gasteiger charge is -2.47. The fraction of sp³-hybridized carbons (Fsp3) is 0.727. The summed E-state index contributed by atoms with van der Waals surface area (Å²) in [5.41, 5.74) is -3.24. The van der Waals surface area contributed by atoms with Crippen LogP contribution in [0.5, 0.6) is 0 Å². The average Bonchev–Trinajstić information content (AvgIpc) is 3.56. The summed E-state index contributed by atoms with van der Waals surface area (Å²) in [7, 11) is 0. The third kappa shape index (κ3) is 2.87. The minimum atomic E-state index is -1.15. The first-order valence-corrected chi connectivity index (χ1v) is 15.0. The summed E-state index contributed by atoms with van der Waals surface area (Å²) in [6, 6.07) is 0. The summed E-state index contributed by atoms with van der Waals surface area (Å²) in [6.07, 6.45) is 8.17. The predicted octanol–water partition coefficient (Wildman–Crippen LogP) is 4.07. The normalized spacial score (nSPS) is 55.7. The summed E-state index contributed by atoms with van der Waals surface area (Å²) in [6.45, 7) is 13.5. The number of esters is 2. The van der Waals surface area contributed by atoms with Gasteiger partial charge in [-0.15, -0.1) is 0 Å². The number of hydrogen-bond acceptors (Lipinski definition) is 7. The third-order valence-corrected chi connectivity index (χ3v) is 13.2. The molecule has 2 N–H and O–H groups in total. The van der Waals surface area contributed by atoms with Gasteiger partial charge in [-0.05, 0) is 65.7 Å². The zero-order chi connectivity index (χ0) is 28.8. The Morgan fingerprint density at radius 3 is 2.55 bits per heavy atom. The molecule has 2 saturated heterocycles. The molecular formula is C33H42O7. The van der Waals surface area contributed by atoms with Crippen LogP contribution in [0.3, 0.4) is 0 Å². The largest absolute Gasteiger partial charge is 0.461 e. The topological polar surface area (TPSA) is 110 Å². The van der Waals surface area contributed by atoms with Gasteiger partial charge in [-0.2, -0.15) is 0 Å². The molecule has 216 valence electrons. The van der Waals surface area contributed by atoms with E-state index in [1.165, 1.54) is 0 Å². The van der Waals surface area contributed by atoms with Crippen LogP contribution in [0.4, 0.5) is 0 Å². The molecule has 0 amide bonds. The maximum absolute atomic E-state index is 14.6. The molecule has 2 heterocycles. The third-order valence-electron chi connectivity index (χ3n) is 13.2. The second-order valence-electron chi connectivity index (χ2n) is 15.0. The fourth-order valence-electron chi connectivity index (χ4n) is 11.5. The number of aliphatic hydroxyl groups is 2. The monoisotopic (exact) mass is 550 g/mol. The molecular weight excluding hydrogens is 508 g/mol. The highest BCUT2D eigenvalue weighted by Crippen LogP contribution is 2.81. The number of ketones is 1. The quantitative estimate of drug-likeness (QED) is 0.303. The van der Waals surface area contributed by atoms with Gasteiger partial charge in [0.05, 0.1) is 16.6 Å². The summed E-state index contributed by atoms with van der Waals surface area (Å²) >= 11 is 0.